The van der Waals surface area contributed by atoms with Gasteiger partial charge in [0.2, 0.25) is 0 Å². The number of likely N-dealkylation sites (N-methyl/N-ethyl adjacent to an activating group) is 1. The van der Waals surface area contributed by atoms with E-state index in [9.17, 15) is 0 Å². The lowest BCUT2D eigenvalue weighted by Crippen LogP contribution is -2.33. The summed E-state index contributed by atoms with van der Waals surface area (Å²) in [4.78, 5) is 0. The van der Waals surface area contributed by atoms with Crippen molar-refractivity contribution >= 4 is 0 Å². The molecule has 0 amide bonds. The highest BCUT2D eigenvalue weighted by Crippen LogP contribution is 2.17. The first-order chi connectivity index (χ1) is 7.20. The van der Waals surface area contributed by atoms with Gasteiger partial charge in [-0.15, -0.1) is 5.10 Å². The Balaban J connectivity index is 2.77. The molecule has 1 N–H and O–H groups in total. The van der Waals surface area contributed by atoms with Crippen LogP contribution in [0.5, 0.6) is 0 Å². The smallest absolute Gasteiger partial charge is 0.0779 e. The minimum atomic E-state index is 0.118. The second kappa shape index (κ2) is 5.82. The van der Waals surface area contributed by atoms with Crippen LogP contribution in [-0.4, -0.2) is 34.2 Å². The average Bonchev–Trinajstić information content (AvgIpc) is 2.61. The molecular formula is C10H20N4O. The van der Waals surface area contributed by atoms with Crippen LogP contribution in [0.1, 0.15) is 32.5 Å². The molecule has 0 saturated carbocycles. The van der Waals surface area contributed by atoms with Crippen LogP contribution in [0.25, 0.3) is 0 Å². The molecule has 5 heteroatoms. The highest BCUT2D eigenvalue weighted by molar-refractivity contribution is 5.04. The van der Waals surface area contributed by atoms with Crippen LogP contribution in [0, 0.1) is 0 Å². The van der Waals surface area contributed by atoms with Crippen LogP contribution in [0.15, 0.2) is 6.20 Å². The molecule has 0 aliphatic rings. The fraction of sp³-hybridized carbons (Fsp3) is 0.800. The summed E-state index contributed by atoms with van der Waals surface area (Å²) in [5, 5.41) is 11.2. The number of nitrogens with zero attached hydrogens (tertiary/aromatic N) is 3. The summed E-state index contributed by atoms with van der Waals surface area (Å²) in [7, 11) is 1.89. The maximum atomic E-state index is 5.60. The highest BCUT2D eigenvalue weighted by atomic mass is 16.5. The first kappa shape index (κ1) is 12.1. The molecule has 0 aromatic carbocycles. The van der Waals surface area contributed by atoms with Crippen LogP contribution >= 0.6 is 0 Å². The van der Waals surface area contributed by atoms with E-state index in [1.807, 2.05) is 14.0 Å². The normalized spacial score (nSPS) is 15.2. The quantitative estimate of drug-likeness (QED) is 0.761. The Hall–Kier alpha value is -0.940. The van der Waals surface area contributed by atoms with Crippen LogP contribution < -0.4 is 5.32 Å². The summed E-state index contributed by atoms with van der Waals surface area (Å²) >= 11 is 0. The molecule has 0 aliphatic carbocycles. The predicted octanol–water partition coefficient (Wildman–Crippen LogP) is 0.891. The van der Waals surface area contributed by atoms with Crippen molar-refractivity contribution < 1.29 is 4.74 Å². The van der Waals surface area contributed by atoms with Crippen molar-refractivity contribution in [3.63, 3.8) is 0 Å². The Morgan fingerprint density at radius 3 is 2.73 bits per heavy atom. The molecule has 1 rings (SSSR count). The molecule has 0 saturated heterocycles. The summed E-state index contributed by atoms with van der Waals surface area (Å²) in [6.45, 7) is 7.75. The number of hydrogen-bond donors (Lipinski definition) is 1. The third-order valence-corrected chi connectivity index (χ3v) is 2.39. The minimum absolute atomic E-state index is 0.118. The van der Waals surface area contributed by atoms with Gasteiger partial charge in [-0.2, -0.15) is 0 Å². The standard InChI is InChI=1S/C10H20N4O/c1-5-11-10(8(3)15-6-2)9-7-12-13-14(9)4/h7-8,10-11H,5-6H2,1-4H3. The van der Waals surface area contributed by atoms with Gasteiger partial charge in [-0.1, -0.05) is 12.1 Å². The maximum Gasteiger partial charge on any atom is 0.0779 e. The summed E-state index contributed by atoms with van der Waals surface area (Å²) in [5.74, 6) is 0. The minimum Gasteiger partial charge on any atom is -0.377 e. The predicted molar refractivity (Wildman–Crippen MR) is 58.5 cm³/mol. The zero-order valence-corrected chi connectivity index (χ0v) is 9.90. The van der Waals surface area contributed by atoms with Crippen LogP contribution in [0.2, 0.25) is 0 Å². The summed E-state index contributed by atoms with van der Waals surface area (Å²) in [5.41, 5.74) is 1.05. The second-order valence-electron chi connectivity index (χ2n) is 3.48. The number of hydrogen-bond acceptors (Lipinski definition) is 4. The van der Waals surface area contributed by atoms with Gasteiger partial charge in [-0.25, -0.2) is 0 Å². The van der Waals surface area contributed by atoms with Gasteiger partial charge >= 0.3 is 0 Å². The number of aromatic nitrogens is 3. The number of nitrogens with one attached hydrogen (secondary N) is 1. The lowest BCUT2D eigenvalue weighted by Gasteiger charge is -2.24. The fourth-order valence-electron chi connectivity index (χ4n) is 1.67. The van der Waals surface area contributed by atoms with E-state index in [1.54, 1.807) is 10.9 Å². The molecule has 86 valence electrons. The Labute approximate surface area is 90.8 Å². The summed E-state index contributed by atoms with van der Waals surface area (Å²) in [6.07, 6.45) is 1.90. The molecular weight excluding hydrogens is 192 g/mol. The van der Waals surface area contributed by atoms with Crippen molar-refractivity contribution in [3.8, 4) is 0 Å². The molecule has 1 aromatic heterocycles. The molecule has 2 unspecified atom stereocenters. The molecule has 5 nitrogen and oxygen atoms in total. The van der Waals surface area contributed by atoms with E-state index in [4.69, 9.17) is 4.74 Å². The highest BCUT2D eigenvalue weighted by Gasteiger charge is 2.21. The number of aryl methyl sites for hydroxylation is 1. The fourth-order valence-corrected chi connectivity index (χ4v) is 1.67. The van der Waals surface area contributed by atoms with Gasteiger partial charge in [-0.05, 0) is 20.4 Å². The molecule has 2 atom stereocenters. The van der Waals surface area contributed by atoms with E-state index in [0.717, 1.165) is 12.2 Å². The average molecular weight is 212 g/mol. The largest absolute Gasteiger partial charge is 0.377 e. The topological polar surface area (TPSA) is 52.0 Å². The van der Waals surface area contributed by atoms with Crippen molar-refractivity contribution in [1.82, 2.24) is 20.3 Å². The van der Waals surface area contributed by atoms with Gasteiger partial charge in [0.15, 0.2) is 0 Å². The second-order valence-corrected chi connectivity index (χ2v) is 3.48. The van der Waals surface area contributed by atoms with Crippen LogP contribution in [0.3, 0.4) is 0 Å². The van der Waals surface area contributed by atoms with Crippen molar-refractivity contribution in [1.29, 1.82) is 0 Å². The zero-order valence-electron chi connectivity index (χ0n) is 9.90. The monoisotopic (exact) mass is 212 g/mol. The lowest BCUT2D eigenvalue weighted by atomic mass is 10.1. The van der Waals surface area contributed by atoms with Crippen molar-refractivity contribution in [3.05, 3.63) is 11.9 Å². The molecule has 0 bridgehead atoms. The van der Waals surface area contributed by atoms with Crippen molar-refractivity contribution in [2.75, 3.05) is 13.2 Å². The van der Waals surface area contributed by atoms with Crippen LogP contribution in [0.4, 0.5) is 0 Å². The molecule has 15 heavy (non-hydrogen) atoms. The molecule has 0 fully saturated rings. The molecule has 1 aromatic rings. The Kier molecular flexibility index (Phi) is 4.71. The molecule has 0 aliphatic heterocycles. The summed E-state index contributed by atoms with van der Waals surface area (Å²) in [6, 6.07) is 0.148. The van der Waals surface area contributed by atoms with Crippen molar-refractivity contribution in [2.24, 2.45) is 7.05 Å². The third kappa shape index (κ3) is 3.00. The zero-order chi connectivity index (χ0) is 11.3. The van der Waals surface area contributed by atoms with E-state index in [-0.39, 0.29) is 12.1 Å². The van der Waals surface area contributed by atoms with E-state index in [2.05, 4.69) is 29.5 Å². The third-order valence-electron chi connectivity index (χ3n) is 2.39. The number of rotatable bonds is 6. The van der Waals surface area contributed by atoms with Gasteiger partial charge in [0.25, 0.3) is 0 Å². The SMILES string of the molecule is CCNC(c1cnnn1C)C(C)OCC. The molecule has 1 heterocycles. The van der Waals surface area contributed by atoms with Crippen LogP contribution in [-0.2, 0) is 11.8 Å². The van der Waals surface area contributed by atoms with Gasteiger partial charge < -0.3 is 10.1 Å². The van der Waals surface area contributed by atoms with Gasteiger partial charge in [0.1, 0.15) is 0 Å². The van der Waals surface area contributed by atoms with Gasteiger partial charge in [-0.3, -0.25) is 4.68 Å². The molecule has 0 spiro atoms. The van der Waals surface area contributed by atoms with Gasteiger partial charge in [0, 0.05) is 13.7 Å². The summed E-state index contributed by atoms with van der Waals surface area (Å²) < 4.78 is 7.38. The van der Waals surface area contributed by atoms with E-state index < -0.39 is 0 Å². The Morgan fingerprint density at radius 2 is 2.27 bits per heavy atom. The van der Waals surface area contributed by atoms with E-state index >= 15 is 0 Å². The van der Waals surface area contributed by atoms with Gasteiger partial charge in [0.05, 0.1) is 24.0 Å². The first-order valence-corrected chi connectivity index (χ1v) is 5.40. The van der Waals surface area contributed by atoms with E-state index in [0.29, 0.717) is 6.61 Å². The lowest BCUT2D eigenvalue weighted by molar-refractivity contribution is 0.0455. The Morgan fingerprint density at radius 1 is 1.53 bits per heavy atom. The van der Waals surface area contributed by atoms with E-state index in [1.165, 1.54) is 0 Å². The Bertz CT molecular complexity index is 287. The maximum absolute atomic E-state index is 5.60. The van der Waals surface area contributed by atoms with Crippen molar-refractivity contribution in [2.45, 2.75) is 32.9 Å². The first-order valence-electron chi connectivity index (χ1n) is 5.40. The molecule has 0 radical (unpaired) electrons. The number of ether oxygens (including phenoxy) is 1.